The molecule has 1 aliphatic rings. The van der Waals surface area contributed by atoms with E-state index in [4.69, 9.17) is 0 Å². The highest BCUT2D eigenvalue weighted by Crippen LogP contribution is 2.48. The molecule has 1 aliphatic carbocycles. The fourth-order valence-electron chi connectivity index (χ4n) is 2.79. The number of hydrogen-bond donors (Lipinski definition) is 1. The Labute approximate surface area is 130 Å². The number of halogens is 1. The third-order valence-corrected chi connectivity index (χ3v) is 4.40. The molecule has 0 spiro atoms. The van der Waals surface area contributed by atoms with Crippen molar-refractivity contribution in [1.82, 2.24) is 5.32 Å². The molecule has 1 amide bonds. The SMILES string of the molecule is Cc1ccc(C2(C(=O)NCCc3ccc(F)cc3)CC2)cc1. The Balaban J connectivity index is 1.57. The first-order chi connectivity index (χ1) is 10.6. The van der Waals surface area contributed by atoms with E-state index in [0.29, 0.717) is 6.54 Å². The molecule has 2 aromatic rings. The predicted molar refractivity (Wildman–Crippen MR) is 85.2 cm³/mol. The Morgan fingerprint density at radius 1 is 1.09 bits per heavy atom. The van der Waals surface area contributed by atoms with Crippen LogP contribution in [0.15, 0.2) is 48.5 Å². The minimum Gasteiger partial charge on any atom is -0.355 e. The molecule has 114 valence electrons. The smallest absolute Gasteiger partial charge is 0.230 e. The molecule has 22 heavy (non-hydrogen) atoms. The molecule has 2 nitrogen and oxygen atoms in total. The van der Waals surface area contributed by atoms with E-state index in [2.05, 4.69) is 29.6 Å². The normalized spacial score (nSPS) is 15.4. The minimum absolute atomic E-state index is 0.110. The zero-order chi connectivity index (χ0) is 15.6. The van der Waals surface area contributed by atoms with Crippen molar-refractivity contribution in [3.8, 4) is 0 Å². The summed E-state index contributed by atoms with van der Waals surface area (Å²) in [4.78, 5) is 12.5. The van der Waals surface area contributed by atoms with Gasteiger partial charge in [0.2, 0.25) is 5.91 Å². The van der Waals surface area contributed by atoms with Gasteiger partial charge in [0, 0.05) is 6.54 Å². The van der Waals surface area contributed by atoms with E-state index >= 15 is 0 Å². The Hall–Kier alpha value is -2.16. The van der Waals surface area contributed by atoms with Gasteiger partial charge in [-0.2, -0.15) is 0 Å². The summed E-state index contributed by atoms with van der Waals surface area (Å²) in [7, 11) is 0. The van der Waals surface area contributed by atoms with Crippen molar-refractivity contribution in [1.29, 1.82) is 0 Å². The zero-order valence-electron chi connectivity index (χ0n) is 12.7. The van der Waals surface area contributed by atoms with Crippen LogP contribution in [-0.2, 0) is 16.6 Å². The van der Waals surface area contributed by atoms with Gasteiger partial charge < -0.3 is 5.32 Å². The summed E-state index contributed by atoms with van der Waals surface area (Å²) >= 11 is 0. The summed E-state index contributed by atoms with van der Waals surface area (Å²) in [5, 5.41) is 3.03. The number of aryl methyl sites for hydroxylation is 1. The van der Waals surface area contributed by atoms with Crippen molar-refractivity contribution in [2.24, 2.45) is 0 Å². The van der Waals surface area contributed by atoms with Crippen molar-refractivity contribution in [3.05, 3.63) is 71.0 Å². The zero-order valence-corrected chi connectivity index (χ0v) is 12.7. The highest BCUT2D eigenvalue weighted by Gasteiger charge is 2.50. The minimum atomic E-state index is -0.323. The number of rotatable bonds is 5. The second kappa shape index (κ2) is 5.91. The van der Waals surface area contributed by atoms with Crippen molar-refractivity contribution in [2.75, 3.05) is 6.54 Å². The standard InChI is InChI=1S/C19H20FNO/c1-14-2-6-16(7-3-14)19(11-12-19)18(22)21-13-10-15-4-8-17(20)9-5-15/h2-9H,10-13H2,1H3,(H,21,22). The highest BCUT2D eigenvalue weighted by molar-refractivity contribution is 5.91. The molecule has 0 atom stereocenters. The lowest BCUT2D eigenvalue weighted by Crippen LogP contribution is -2.35. The van der Waals surface area contributed by atoms with Crippen LogP contribution in [0.2, 0.25) is 0 Å². The third kappa shape index (κ3) is 3.03. The van der Waals surface area contributed by atoms with Crippen LogP contribution in [0.4, 0.5) is 4.39 Å². The van der Waals surface area contributed by atoms with Crippen LogP contribution in [0.25, 0.3) is 0 Å². The van der Waals surface area contributed by atoms with Gasteiger partial charge in [0.15, 0.2) is 0 Å². The van der Waals surface area contributed by atoms with E-state index < -0.39 is 0 Å². The van der Waals surface area contributed by atoms with Gasteiger partial charge in [-0.15, -0.1) is 0 Å². The maximum absolute atomic E-state index is 12.8. The van der Waals surface area contributed by atoms with Gasteiger partial charge in [0.05, 0.1) is 5.41 Å². The fraction of sp³-hybridized carbons (Fsp3) is 0.316. The van der Waals surface area contributed by atoms with Gasteiger partial charge in [0.25, 0.3) is 0 Å². The Morgan fingerprint density at radius 2 is 1.73 bits per heavy atom. The lowest BCUT2D eigenvalue weighted by molar-refractivity contribution is -0.123. The topological polar surface area (TPSA) is 29.1 Å². The molecular weight excluding hydrogens is 277 g/mol. The predicted octanol–water partition coefficient (Wildman–Crippen LogP) is 3.52. The van der Waals surface area contributed by atoms with Crippen LogP contribution >= 0.6 is 0 Å². The molecule has 1 fully saturated rings. The largest absolute Gasteiger partial charge is 0.355 e. The summed E-state index contributed by atoms with van der Waals surface area (Å²) < 4.78 is 12.8. The average molecular weight is 297 g/mol. The van der Waals surface area contributed by atoms with Crippen LogP contribution in [0, 0.1) is 12.7 Å². The summed E-state index contributed by atoms with van der Waals surface area (Å²) in [6.45, 7) is 2.63. The lowest BCUT2D eigenvalue weighted by Gasteiger charge is -2.16. The molecule has 3 rings (SSSR count). The number of hydrogen-bond acceptors (Lipinski definition) is 1. The van der Waals surface area contributed by atoms with Crippen molar-refractivity contribution in [3.63, 3.8) is 0 Å². The monoisotopic (exact) mass is 297 g/mol. The molecule has 1 N–H and O–H groups in total. The number of carbonyl (C=O) groups is 1. The van der Waals surface area contributed by atoms with Crippen molar-refractivity contribution < 1.29 is 9.18 Å². The Kier molecular flexibility index (Phi) is 3.97. The van der Waals surface area contributed by atoms with E-state index in [1.807, 2.05) is 6.92 Å². The third-order valence-electron chi connectivity index (χ3n) is 4.40. The average Bonchev–Trinajstić information content (AvgIpc) is 3.32. The van der Waals surface area contributed by atoms with E-state index in [-0.39, 0.29) is 17.1 Å². The lowest BCUT2D eigenvalue weighted by atomic mass is 9.94. The van der Waals surface area contributed by atoms with Gasteiger partial charge in [0.1, 0.15) is 5.82 Å². The summed E-state index contributed by atoms with van der Waals surface area (Å²) in [6, 6.07) is 14.6. The quantitative estimate of drug-likeness (QED) is 0.899. The Morgan fingerprint density at radius 3 is 2.32 bits per heavy atom. The molecule has 2 aromatic carbocycles. The van der Waals surface area contributed by atoms with Crippen LogP contribution < -0.4 is 5.32 Å². The molecule has 0 aliphatic heterocycles. The number of benzene rings is 2. The van der Waals surface area contributed by atoms with E-state index in [9.17, 15) is 9.18 Å². The number of carbonyl (C=O) groups excluding carboxylic acids is 1. The summed E-state index contributed by atoms with van der Waals surface area (Å²) in [5.74, 6) is -0.123. The van der Waals surface area contributed by atoms with E-state index in [1.165, 1.54) is 17.7 Å². The van der Waals surface area contributed by atoms with Crippen LogP contribution in [0.3, 0.4) is 0 Å². The molecule has 0 unspecified atom stereocenters. The fourth-order valence-corrected chi connectivity index (χ4v) is 2.79. The second-order valence-corrected chi connectivity index (χ2v) is 6.08. The first-order valence-corrected chi connectivity index (χ1v) is 7.70. The van der Waals surface area contributed by atoms with Gasteiger partial charge >= 0.3 is 0 Å². The molecule has 3 heteroatoms. The Bertz CT molecular complexity index is 657. The summed E-state index contributed by atoms with van der Waals surface area (Å²) in [6.07, 6.45) is 2.55. The van der Waals surface area contributed by atoms with E-state index in [0.717, 1.165) is 30.4 Å². The number of amides is 1. The molecule has 0 heterocycles. The van der Waals surface area contributed by atoms with E-state index in [1.54, 1.807) is 12.1 Å². The van der Waals surface area contributed by atoms with Crippen molar-refractivity contribution in [2.45, 2.75) is 31.6 Å². The molecule has 0 radical (unpaired) electrons. The maximum Gasteiger partial charge on any atom is 0.230 e. The van der Waals surface area contributed by atoms with Crippen LogP contribution in [0.1, 0.15) is 29.5 Å². The van der Waals surface area contributed by atoms with Crippen molar-refractivity contribution >= 4 is 5.91 Å². The van der Waals surface area contributed by atoms with Crippen LogP contribution in [-0.4, -0.2) is 12.5 Å². The molecule has 0 saturated heterocycles. The number of nitrogens with one attached hydrogen (secondary N) is 1. The van der Waals surface area contributed by atoms with Gasteiger partial charge in [-0.05, 0) is 49.4 Å². The molecule has 1 saturated carbocycles. The van der Waals surface area contributed by atoms with Gasteiger partial charge in [-0.25, -0.2) is 4.39 Å². The molecule has 0 aromatic heterocycles. The summed E-state index contributed by atoms with van der Waals surface area (Å²) in [5.41, 5.74) is 3.02. The molecule has 0 bridgehead atoms. The van der Waals surface area contributed by atoms with Gasteiger partial charge in [-0.1, -0.05) is 42.0 Å². The first kappa shape index (κ1) is 14.8. The van der Waals surface area contributed by atoms with Crippen LogP contribution in [0.5, 0.6) is 0 Å². The van der Waals surface area contributed by atoms with Gasteiger partial charge in [-0.3, -0.25) is 4.79 Å². The maximum atomic E-state index is 12.8. The molecular formula is C19H20FNO. The second-order valence-electron chi connectivity index (χ2n) is 6.08. The first-order valence-electron chi connectivity index (χ1n) is 7.70. The highest BCUT2D eigenvalue weighted by atomic mass is 19.1.